The molecule has 0 aromatic heterocycles. The predicted octanol–water partition coefficient (Wildman–Crippen LogP) is 3.23. The molecule has 2 bridgehead atoms. The Morgan fingerprint density at radius 2 is 1.93 bits per heavy atom. The Kier molecular flexibility index (Phi) is 4.52. The molecule has 2 aliphatic heterocycles. The lowest BCUT2D eigenvalue weighted by Crippen LogP contribution is -2.53. The van der Waals surface area contributed by atoms with Crippen LogP contribution in [0.4, 0.5) is 15.3 Å². The third-order valence-electron chi connectivity index (χ3n) is 4.61. The fraction of sp³-hybridized carbons (Fsp3) is 0.200. The van der Waals surface area contributed by atoms with Gasteiger partial charge in [0.05, 0.1) is 18.8 Å². The van der Waals surface area contributed by atoms with E-state index in [4.69, 9.17) is 4.84 Å². The molecule has 138 valence electrons. The van der Waals surface area contributed by atoms with E-state index < -0.39 is 0 Å². The molecule has 27 heavy (non-hydrogen) atoms. The molecule has 2 aliphatic rings. The van der Waals surface area contributed by atoms with E-state index in [-0.39, 0.29) is 24.7 Å². The lowest BCUT2D eigenvalue weighted by molar-refractivity contribution is -0.118. The molecule has 0 saturated carbocycles. The SMILES string of the molecule is C=CCON1C(=O)N2CC1c1ccccc1N2C(=O)NCc1ccccc1. The zero-order valence-corrected chi connectivity index (χ0v) is 14.7. The highest BCUT2D eigenvalue weighted by molar-refractivity contribution is 5.98. The molecule has 0 spiro atoms. The normalized spacial score (nSPS) is 17.7. The number of urea groups is 2. The number of carbonyl (C=O) groups is 2. The minimum atomic E-state index is -0.368. The number of hydrogen-bond acceptors (Lipinski definition) is 3. The number of nitrogens with one attached hydrogen (secondary N) is 1. The molecule has 4 amide bonds. The number of hydroxylamine groups is 2. The van der Waals surface area contributed by atoms with E-state index in [1.807, 2.05) is 54.6 Å². The van der Waals surface area contributed by atoms with Gasteiger partial charge in [-0.1, -0.05) is 54.6 Å². The van der Waals surface area contributed by atoms with Crippen LogP contribution in [0.25, 0.3) is 0 Å². The maximum atomic E-state index is 12.9. The molecule has 7 heteroatoms. The summed E-state index contributed by atoms with van der Waals surface area (Å²) in [5, 5.41) is 7.02. The quantitative estimate of drug-likeness (QED) is 0.829. The van der Waals surface area contributed by atoms with Gasteiger partial charge in [0.15, 0.2) is 0 Å². The second-order valence-corrected chi connectivity index (χ2v) is 6.31. The molecule has 2 heterocycles. The van der Waals surface area contributed by atoms with Crippen LogP contribution in [-0.2, 0) is 11.4 Å². The van der Waals surface area contributed by atoms with Gasteiger partial charge in [0.2, 0.25) is 0 Å². The van der Waals surface area contributed by atoms with Crippen molar-refractivity contribution >= 4 is 17.7 Å². The monoisotopic (exact) mass is 364 g/mol. The van der Waals surface area contributed by atoms with Crippen LogP contribution in [-0.4, -0.2) is 35.3 Å². The molecule has 4 rings (SSSR count). The molecule has 2 aromatic rings. The first-order chi connectivity index (χ1) is 13.2. The highest BCUT2D eigenvalue weighted by Crippen LogP contribution is 2.42. The number of fused-ring (bicyclic) bond motifs is 4. The standard InChI is InChI=1S/C20H20N4O3/c1-2-12-27-24-18-14-22(20(24)26)23(17-11-7-6-10-16(17)18)19(25)21-13-15-8-4-3-5-9-15/h2-11,18H,1,12-14H2,(H,21,25). The van der Waals surface area contributed by atoms with Crippen LogP contribution in [0.15, 0.2) is 67.3 Å². The summed E-state index contributed by atoms with van der Waals surface area (Å²) in [6.45, 7) is 4.57. The Balaban J connectivity index is 1.60. The van der Waals surface area contributed by atoms with Gasteiger partial charge in [0.25, 0.3) is 0 Å². The molecule has 1 unspecified atom stereocenters. The highest BCUT2D eigenvalue weighted by atomic mass is 16.7. The smallest absolute Gasteiger partial charge is 0.332 e. The average molecular weight is 364 g/mol. The Bertz CT molecular complexity index is 871. The summed E-state index contributed by atoms with van der Waals surface area (Å²) in [4.78, 5) is 31.3. The fourth-order valence-electron chi connectivity index (χ4n) is 3.39. The van der Waals surface area contributed by atoms with Crippen molar-refractivity contribution in [3.63, 3.8) is 0 Å². The van der Waals surface area contributed by atoms with E-state index in [0.717, 1.165) is 11.1 Å². The van der Waals surface area contributed by atoms with Gasteiger partial charge in [-0.3, -0.25) is 4.84 Å². The summed E-state index contributed by atoms with van der Waals surface area (Å²) in [5.74, 6) is 0. The summed E-state index contributed by atoms with van der Waals surface area (Å²) in [6.07, 6.45) is 1.58. The van der Waals surface area contributed by atoms with Gasteiger partial charge in [-0.15, -0.1) is 6.58 Å². The number of hydrazine groups is 1. The predicted molar refractivity (Wildman–Crippen MR) is 100 cm³/mol. The highest BCUT2D eigenvalue weighted by Gasteiger charge is 2.49. The van der Waals surface area contributed by atoms with E-state index in [2.05, 4.69) is 11.9 Å². The van der Waals surface area contributed by atoms with Crippen molar-refractivity contribution in [2.75, 3.05) is 18.2 Å². The van der Waals surface area contributed by atoms with Crippen LogP contribution in [0.5, 0.6) is 0 Å². The second-order valence-electron chi connectivity index (χ2n) is 6.31. The van der Waals surface area contributed by atoms with Gasteiger partial charge in [0, 0.05) is 12.1 Å². The number of carbonyl (C=O) groups excluding carboxylic acids is 2. The maximum Gasteiger partial charge on any atom is 0.363 e. The lowest BCUT2D eigenvalue weighted by atomic mass is 10.0. The lowest BCUT2D eigenvalue weighted by Gasteiger charge is -2.35. The van der Waals surface area contributed by atoms with E-state index in [0.29, 0.717) is 18.8 Å². The summed E-state index contributed by atoms with van der Waals surface area (Å²) in [5.41, 5.74) is 2.54. The molecule has 1 fully saturated rings. The van der Waals surface area contributed by atoms with Crippen LogP contribution in [0.1, 0.15) is 17.2 Å². The second kappa shape index (κ2) is 7.13. The molecule has 7 nitrogen and oxygen atoms in total. The Hall–Kier alpha value is -3.32. The van der Waals surface area contributed by atoms with Crippen LogP contribution < -0.4 is 10.3 Å². The molecule has 0 aliphatic carbocycles. The molecule has 2 aromatic carbocycles. The zero-order chi connectivity index (χ0) is 18.8. The third-order valence-corrected chi connectivity index (χ3v) is 4.61. The fourth-order valence-corrected chi connectivity index (χ4v) is 3.39. The minimum Gasteiger partial charge on any atom is -0.332 e. The Morgan fingerprint density at radius 3 is 2.70 bits per heavy atom. The van der Waals surface area contributed by atoms with E-state index in [1.165, 1.54) is 15.1 Å². The van der Waals surface area contributed by atoms with Crippen LogP contribution in [0, 0.1) is 0 Å². The van der Waals surface area contributed by atoms with Crippen LogP contribution >= 0.6 is 0 Å². The maximum absolute atomic E-state index is 12.9. The topological polar surface area (TPSA) is 65.1 Å². The van der Waals surface area contributed by atoms with E-state index >= 15 is 0 Å². The van der Waals surface area contributed by atoms with Gasteiger partial charge in [0.1, 0.15) is 6.04 Å². The van der Waals surface area contributed by atoms with Gasteiger partial charge >= 0.3 is 12.1 Å². The van der Waals surface area contributed by atoms with Crippen molar-refractivity contribution < 1.29 is 14.4 Å². The molecule has 1 atom stereocenters. The van der Waals surface area contributed by atoms with Crippen LogP contribution in [0.2, 0.25) is 0 Å². The Labute approximate surface area is 157 Å². The largest absolute Gasteiger partial charge is 0.363 e. The van der Waals surface area contributed by atoms with Crippen LogP contribution in [0.3, 0.4) is 0 Å². The first-order valence-electron chi connectivity index (χ1n) is 8.76. The van der Waals surface area contributed by atoms with Crippen molar-refractivity contribution in [3.05, 3.63) is 78.4 Å². The number of rotatable bonds is 5. The van der Waals surface area contributed by atoms with Gasteiger partial charge < -0.3 is 5.32 Å². The zero-order valence-electron chi connectivity index (χ0n) is 14.7. The first-order valence-corrected chi connectivity index (χ1v) is 8.76. The minimum absolute atomic E-state index is 0.221. The van der Waals surface area contributed by atoms with Crippen molar-refractivity contribution in [3.8, 4) is 0 Å². The van der Waals surface area contributed by atoms with E-state index in [9.17, 15) is 9.59 Å². The van der Waals surface area contributed by atoms with Crippen molar-refractivity contribution in [2.45, 2.75) is 12.6 Å². The Morgan fingerprint density at radius 1 is 1.19 bits per heavy atom. The first kappa shape index (κ1) is 17.1. The molecule has 1 N–H and O–H groups in total. The van der Waals surface area contributed by atoms with Crippen molar-refractivity contribution in [1.82, 2.24) is 15.4 Å². The number of benzene rings is 2. The summed E-state index contributed by atoms with van der Waals surface area (Å²) < 4.78 is 0. The van der Waals surface area contributed by atoms with Gasteiger partial charge in [-0.2, -0.15) is 10.1 Å². The summed E-state index contributed by atoms with van der Waals surface area (Å²) in [6, 6.07) is 16.1. The molecular formula is C20H20N4O3. The summed E-state index contributed by atoms with van der Waals surface area (Å²) in [7, 11) is 0. The molecular weight excluding hydrogens is 344 g/mol. The van der Waals surface area contributed by atoms with Crippen molar-refractivity contribution in [2.24, 2.45) is 0 Å². The number of hydrogen-bond donors (Lipinski definition) is 1. The van der Waals surface area contributed by atoms with Gasteiger partial charge in [-0.05, 0) is 11.6 Å². The number of amides is 4. The number of nitrogens with zero attached hydrogens (tertiary/aromatic N) is 3. The van der Waals surface area contributed by atoms with Crippen molar-refractivity contribution in [1.29, 1.82) is 0 Å². The third kappa shape index (κ3) is 3.02. The van der Waals surface area contributed by atoms with Gasteiger partial charge in [-0.25, -0.2) is 14.6 Å². The number of anilines is 1. The summed E-state index contributed by atoms with van der Waals surface area (Å²) >= 11 is 0. The average Bonchev–Trinajstić information content (AvgIpc) is 2.98. The molecule has 0 radical (unpaired) electrons. The number of para-hydroxylation sites is 1. The van der Waals surface area contributed by atoms with E-state index in [1.54, 1.807) is 6.08 Å². The molecule has 1 saturated heterocycles.